The molecule has 0 fully saturated rings. The minimum atomic E-state index is -3.65. The molecule has 112 valence electrons. The lowest BCUT2D eigenvalue weighted by molar-refractivity contribution is 0.0697. The third-order valence-corrected chi connectivity index (χ3v) is 4.66. The lowest BCUT2D eigenvalue weighted by Crippen LogP contribution is -2.29. The van der Waals surface area contributed by atoms with Crippen molar-refractivity contribution >= 4 is 25.8 Å². The summed E-state index contributed by atoms with van der Waals surface area (Å²) in [5.74, 6) is -1.70. The van der Waals surface area contributed by atoms with E-state index >= 15 is 0 Å². The molecule has 0 aliphatic rings. The maximum atomic E-state index is 11.7. The van der Waals surface area contributed by atoms with Gasteiger partial charge in [-0.3, -0.25) is 0 Å². The Bertz CT molecular complexity index is 676. The second kappa shape index (κ2) is 6.33. The summed E-state index contributed by atoms with van der Waals surface area (Å²) in [7, 11) is -6.88. The Kier molecular flexibility index (Phi) is 5.26. The number of carbonyl (C=O) groups is 1. The van der Waals surface area contributed by atoms with Gasteiger partial charge in [-0.1, -0.05) is 12.1 Å². The monoisotopic (exact) mass is 321 g/mol. The molecule has 0 saturated carbocycles. The standard InChI is InChI=1S/C11H15NO6S2/c1-19(15,16)7-6-12-20(17,18)8-9-2-4-10(5-3-9)11(13)14/h2-5,12H,6-8H2,1H3,(H,13,14). The normalized spacial score (nSPS) is 12.2. The van der Waals surface area contributed by atoms with Crippen LogP contribution in [0.1, 0.15) is 15.9 Å². The highest BCUT2D eigenvalue weighted by molar-refractivity contribution is 7.91. The molecule has 1 aromatic carbocycles. The van der Waals surface area contributed by atoms with Gasteiger partial charge in [0.15, 0.2) is 0 Å². The first-order valence-electron chi connectivity index (χ1n) is 5.56. The molecule has 0 saturated heterocycles. The van der Waals surface area contributed by atoms with Crippen LogP contribution in [0.4, 0.5) is 0 Å². The van der Waals surface area contributed by atoms with Crippen molar-refractivity contribution in [3.8, 4) is 0 Å². The van der Waals surface area contributed by atoms with Crippen molar-refractivity contribution < 1.29 is 26.7 Å². The number of hydrogen-bond donors (Lipinski definition) is 2. The van der Waals surface area contributed by atoms with E-state index in [0.29, 0.717) is 5.56 Å². The Morgan fingerprint density at radius 1 is 1.15 bits per heavy atom. The lowest BCUT2D eigenvalue weighted by Gasteiger charge is -2.06. The molecule has 20 heavy (non-hydrogen) atoms. The van der Waals surface area contributed by atoms with E-state index in [1.165, 1.54) is 24.3 Å². The molecule has 1 rings (SSSR count). The SMILES string of the molecule is CS(=O)(=O)CCNS(=O)(=O)Cc1ccc(C(=O)O)cc1. The van der Waals surface area contributed by atoms with E-state index in [1.54, 1.807) is 0 Å². The van der Waals surface area contributed by atoms with Gasteiger partial charge in [0, 0.05) is 12.8 Å². The Labute approximate surface area is 117 Å². The molecule has 0 unspecified atom stereocenters. The molecule has 0 aromatic heterocycles. The van der Waals surface area contributed by atoms with Crippen LogP contribution in [0.5, 0.6) is 0 Å². The Morgan fingerprint density at radius 2 is 1.70 bits per heavy atom. The number of benzene rings is 1. The molecule has 0 heterocycles. The van der Waals surface area contributed by atoms with E-state index in [9.17, 15) is 21.6 Å². The number of carboxylic acids is 1. The Hall–Kier alpha value is -1.45. The second-order valence-corrected chi connectivity index (χ2v) is 8.35. The molecular weight excluding hydrogens is 306 g/mol. The largest absolute Gasteiger partial charge is 0.478 e. The van der Waals surface area contributed by atoms with E-state index in [1.807, 2.05) is 0 Å². The number of hydrogen-bond acceptors (Lipinski definition) is 5. The van der Waals surface area contributed by atoms with Gasteiger partial charge in [-0.25, -0.2) is 26.4 Å². The van der Waals surface area contributed by atoms with E-state index < -0.39 is 25.8 Å². The van der Waals surface area contributed by atoms with E-state index in [4.69, 9.17) is 5.11 Å². The zero-order valence-corrected chi connectivity index (χ0v) is 12.4. The summed E-state index contributed by atoms with van der Waals surface area (Å²) >= 11 is 0. The molecule has 0 amide bonds. The smallest absolute Gasteiger partial charge is 0.335 e. The summed E-state index contributed by atoms with van der Waals surface area (Å²) in [6.45, 7) is -0.186. The minimum absolute atomic E-state index is 0.0659. The lowest BCUT2D eigenvalue weighted by atomic mass is 10.1. The van der Waals surface area contributed by atoms with Crippen LogP contribution >= 0.6 is 0 Å². The first kappa shape index (κ1) is 16.6. The van der Waals surface area contributed by atoms with Crippen LogP contribution in [-0.4, -0.2) is 46.5 Å². The van der Waals surface area contributed by atoms with E-state index in [2.05, 4.69) is 4.72 Å². The highest BCUT2D eigenvalue weighted by atomic mass is 32.2. The first-order chi connectivity index (χ1) is 9.09. The van der Waals surface area contributed by atoms with Crippen LogP contribution in [0.25, 0.3) is 0 Å². The zero-order chi connectivity index (χ0) is 15.4. The van der Waals surface area contributed by atoms with Gasteiger partial charge in [-0.2, -0.15) is 0 Å². The molecule has 2 N–H and O–H groups in total. The number of nitrogens with one attached hydrogen (secondary N) is 1. The molecule has 0 aliphatic carbocycles. The fourth-order valence-electron chi connectivity index (χ4n) is 1.40. The summed E-state index contributed by atoms with van der Waals surface area (Å²) in [4.78, 5) is 10.6. The summed E-state index contributed by atoms with van der Waals surface area (Å²) in [6.07, 6.45) is 1.02. The summed E-state index contributed by atoms with van der Waals surface area (Å²) in [6, 6.07) is 5.42. The van der Waals surface area contributed by atoms with Crippen LogP contribution in [0.3, 0.4) is 0 Å². The van der Waals surface area contributed by atoms with Crippen LogP contribution < -0.4 is 4.72 Å². The highest BCUT2D eigenvalue weighted by Gasteiger charge is 2.13. The Morgan fingerprint density at radius 3 is 2.15 bits per heavy atom. The molecule has 0 radical (unpaired) electrons. The third kappa shape index (κ3) is 6.13. The second-order valence-electron chi connectivity index (χ2n) is 4.29. The van der Waals surface area contributed by atoms with Crippen molar-refractivity contribution in [2.75, 3.05) is 18.6 Å². The Balaban J connectivity index is 2.64. The van der Waals surface area contributed by atoms with Crippen LogP contribution in [0.2, 0.25) is 0 Å². The first-order valence-corrected chi connectivity index (χ1v) is 9.28. The predicted octanol–water partition coefficient (Wildman–Crippen LogP) is -0.151. The van der Waals surface area contributed by atoms with Crippen molar-refractivity contribution in [3.63, 3.8) is 0 Å². The van der Waals surface area contributed by atoms with Crippen molar-refractivity contribution in [3.05, 3.63) is 35.4 Å². The maximum Gasteiger partial charge on any atom is 0.335 e. The van der Waals surface area contributed by atoms with E-state index in [0.717, 1.165) is 6.26 Å². The fourth-order valence-corrected chi connectivity index (χ4v) is 3.15. The molecule has 1 aromatic rings. The quantitative estimate of drug-likeness (QED) is 0.721. The van der Waals surface area contributed by atoms with E-state index in [-0.39, 0.29) is 23.6 Å². The molecule has 9 heteroatoms. The number of carboxylic acid groups (broad SMARTS) is 1. The van der Waals surface area contributed by atoms with Crippen LogP contribution in [0.15, 0.2) is 24.3 Å². The number of sulfone groups is 1. The van der Waals surface area contributed by atoms with Crippen LogP contribution in [0, 0.1) is 0 Å². The van der Waals surface area contributed by atoms with Crippen molar-refractivity contribution in [2.24, 2.45) is 0 Å². The predicted molar refractivity (Wildman–Crippen MR) is 73.7 cm³/mol. The van der Waals surface area contributed by atoms with Gasteiger partial charge in [-0.05, 0) is 17.7 Å². The highest BCUT2D eigenvalue weighted by Crippen LogP contribution is 2.07. The van der Waals surface area contributed by atoms with Gasteiger partial charge < -0.3 is 5.11 Å². The summed E-state index contributed by atoms with van der Waals surface area (Å²) in [5.41, 5.74) is 0.484. The van der Waals surface area contributed by atoms with Crippen LogP contribution in [-0.2, 0) is 25.6 Å². The van der Waals surface area contributed by atoms with Gasteiger partial charge in [0.2, 0.25) is 10.0 Å². The molecule has 0 spiro atoms. The molecule has 7 nitrogen and oxygen atoms in total. The van der Waals surface area contributed by atoms with Gasteiger partial charge >= 0.3 is 5.97 Å². The van der Waals surface area contributed by atoms with Crippen molar-refractivity contribution in [2.45, 2.75) is 5.75 Å². The molecular formula is C11H15NO6S2. The van der Waals surface area contributed by atoms with Gasteiger partial charge in [0.05, 0.1) is 17.1 Å². The average Bonchev–Trinajstić information content (AvgIpc) is 2.26. The van der Waals surface area contributed by atoms with Gasteiger partial charge in [0.1, 0.15) is 9.84 Å². The minimum Gasteiger partial charge on any atom is -0.478 e. The third-order valence-electron chi connectivity index (χ3n) is 2.35. The van der Waals surface area contributed by atoms with Crippen molar-refractivity contribution in [1.82, 2.24) is 4.72 Å². The summed E-state index contributed by atoms with van der Waals surface area (Å²) in [5, 5.41) is 8.71. The fraction of sp³-hybridized carbons (Fsp3) is 0.364. The maximum absolute atomic E-state index is 11.7. The van der Waals surface area contributed by atoms with Gasteiger partial charge in [0.25, 0.3) is 0 Å². The zero-order valence-electron chi connectivity index (χ0n) is 10.7. The summed E-state index contributed by atoms with van der Waals surface area (Å²) < 4.78 is 47.3. The number of sulfonamides is 1. The topological polar surface area (TPSA) is 118 Å². The number of rotatable bonds is 7. The molecule has 0 bridgehead atoms. The molecule has 0 atom stereocenters. The van der Waals surface area contributed by atoms with Gasteiger partial charge in [-0.15, -0.1) is 0 Å². The molecule has 0 aliphatic heterocycles. The van der Waals surface area contributed by atoms with Crippen molar-refractivity contribution in [1.29, 1.82) is 0 Å². The average molecular weight is 321 g/mol. The number of aromatic carboxylic acids is 1.